The summed E-state index contributed by atoms with van der Waals surface area (Å²) in [6.45, 7) is 6.02. The molecule has 21 heavy (non-hydrogen) atoms. The molecule has 0 unspecified atom stereocenters. The number of rotatable bonds is 4. The Morgan fingerprint density at radius 3 is 2.57 bits per heavy atom. The van der Waals surface area contributed by atoms with Crippen molar-refractivity contribution < 1.29 is 13.6 Å². The largest absolute Gasteiger partial charge is 0.464 e. The number of benzene rings is 1. The van der Waals surface area contributed by atoms with Gasteiger partial charge in [-0.1, -0.05) is 0 Å². The summed E-state index contributed by atoms with van der Waals surface area (Å²) < 4.78 is 18.6. The Bertz CT molecular complexity index is 649. The molecule has 2 N–H and O–H groups in total. The number of hydrogen-bond acceptors (Lipinski definition) is 3. The minimum Gasteiger partial charge on any atom is -0.464 e. The first-order valence-corrected chi connectivity index (χ1v) is 6.80. The van der Waals surface area contributed by atoms with Crippen LogP contribution in [0.5, 0.6) is 0 Å². The lowest BCUT2D eigenvalue weighted by molar-refractivity contribution is 0.0676. The van der Waals surface area contributed by atoms with Crippen molar-refractivity contribution in [2.24, 2.45) is 0 Å². The molecule has 1 amide bonds. The molecule has 4 nitrogen and oxygen atoms in total. The Labute approximate surface area is 123 Å². The molecule has 1 heterocycles. The topological polar surface area (TPSA) is 59.5 Å². The first kappa shape index (κ1) is 15.1. The number of nitrogens with two attached hydrogens (primary N) is 1. The smallest absolute Gasteiger partial charge is 0.256 e. The van der Waals surface area contributed by atoms with Crippen molar-refractivity contribution in [3.8, 4) is 0 Å². The van der Waals surface area contributed by atoms with Crippen LogP contribution in [0.4, 0.5) is 10.1 Å². The number of furan rings is 1. The second-order valence-corrected chi connectivity index (χ2v) is 5.27. The van der Waals surface area contributed by atoms with Crippen LogP contribution in [0.25, 0.3) is 0 Å². The molecule has 0 aliphatic heterocycles. The average Bonchev–Trinajstić information content (AvgIpc) is 2.80. The van der Waals surface area contributed by atoms with Crippen molar-refractivity contribution in [3.63, 3.8) is 0 Å². The van der Waals surface area contributed by atoms with E-state index in [1.54, 1.807) is 4.90 Å². The van der Waals surface area contributed by atoms with Crippen molar-refractivity contribution >= 4 is 11.6 Å². The Balaban J connectivity index is 2.27. The van der Waals surface area contributed by atoms with Gasteiger partial charge in [0.1, 0.15) is 17.3 Å². The standard InChI is InChI=1S/C16H19FN2O2/c1-10(2)19(9-13-6-4-11(3)21-13)16(20)14-7-5-12(17)8-15(14)18/h4-8,10H,9,18H2,1-3H3. The number of nitrogen functional groups attached to an aromatic ring is 1. The Hall–Kier alpha value is -2.30. The van der Waals surface area contributed by atoms with E-state index in [1.807, 2.05) is 32.9 Å². The van der Waals surface area contributed by atoms with Crippen LogP contribution in [0.15, 0.2) is 34.7 Å². The zero-order chi connectivity index (χ0) is 15.6. The summed E-state index contributed by atoms with van der Waals surface area (Å²) >= 11 is 0. The van der Waals surface area contributed by atoms with Crippen molar-refractivity contribution in [2.45, 2.75) is 33.4 Å². The molecule has 0 saturated heterocycles. The van der Waals surface area contributed by atoms with Gasteiger partial charge in [0.05, 0.1) is 12.1 Å². The predicted octanol–water partition coefficient (Wildman–Crippen LogP) is 3.36. The van der Waals surface area contributed by atoms with Crippen LogP contribution in [0, 0.1) is 12.7 Å². The maximum absolute atomic E-state index is 13.1. The molecule has 1 aromatic carbocycles. The summed E-state index contributed by atoms with van der Waals surface area (Å²) in [6, 6.07) is 7.46. The second kappa shape index (κ2) is 5.99. The third-order valence-corrected chi connectivity index (χ3v) is 3.25. The van der Waals surface area contributed by atoms with E-state index < -0.39 is 5.82 Å². The summed E-state index contributed by atoms with van der Waals surface area (Å²) in [5.41, 5.74) is 6.19. The van der Waals surface area contributed by atoms with Gasteiger partial charge in [0, 0.05) is 11.7 Å². The third kappa shape index (κ3) is 3.42. The summed E-state index contributed by atoms with van der Waals surface area (Å²) in [5.74, 6) is 0.802. The van der Waals surface area contributed by atoms with E-state index in [1.165, 1.54) is 12.1 Å². The molecule has 112 valence electrons. The number of carbonyl (C=O) groups excluding carboxylic acids is 1. The third-order valence-electron chi connectivity index (χ3n) is 3.25. The normalized spacial score (nSPS) is 10.9. The van der Waals surface area contributed by atoms with Gasteiger partial charge in [-0.15, -0.1) is 0 Å². The highest BCUT2D eigenvalue weighted by atomic mass is 19.1. The number of nitrogens with zero attached hydrogens (tertiary/aromatic N) is 1. The van der Waals surface area contributed by atoms with E-state index in [2.05, 4.69) is 0 Å². The van der Waals surface area contributed by atoms with Gasteiger partial charge in [0.15, 0.2) is 0 Å². The highest BCUT2D eigenvalue weighted by molar-refractivity contribution is 5.99. The monoisotopic (exact) mass is 290 g/mol. The minimum absolute atomic E-state index is 0.0349. The van der Waals surface area contributed by atoms with Crippen molar-refractivity contribution in [1.29, 1.82) is 0 Å². The quantitative estimate of drug-likeness (QED) is 0.878. The van der Waals surface area contributed by atoms with Gasteiger partial charge in [-0.3, -0.25) is 4.79 Å². The highest BCUT2D eigenvalue weighted by Crippen LogP contribution is 2.20. The summed E-state index contributed by atoms with van der Waals surface area (Å²) in [5, 5.41) is 0. The lowest BCUT2D eigenvalue weighted by Crippen LogP contribution is -2.36. The molecule has 2 aromatic rings. The molecular weight excluding hydrogens is 271 g/mol. The van der Waals surface area contributed by atoms with Crippen LogP contribution in [0.3, 0.4) is 0 Å². The number of anilines is 1. The minimum atomic E-state index is -0.457. The molecule has 0 saturated carbocycles. The van der Waals surface area contributed by atoms with Crippen LogP contribution in [-0.2, 0) is 6.54 Å². The molecule has 0 spiro atoms. The maximum Gasteiger partial charge on any atom is 0.256 e. The molecule has 0 aliphatic carbocycles. The molecule has 5 heteroatoms. The van der Waals surface area contributed by atoms with Gasteiger partial charge in [-0.25, -0.2) is 4.39 Å². The van der Waals surface area contributed by atoms with Crippen LogP contribution in [-0.4, -0.2) is 16.8 Å². The molecule has 0 fully saturated rings. The Kier molecular flexibility index (Phi) is 4.31. The van der Waals surface area contributed by atoms with E-state index >= 15 is 0 Å². The van der Waals surface area contributed by atoms with Crippen LogP contribution >= 0.6 is 0 Å². The molecule has 0 atom stereocenters. The summed E-state index contributed by atoms with van der Waals surface area (Å²) in [7, 11) is 0. The van der Waals surface area contributed by atoms with Crippen LogP contribution in [0.1, 0.15) is 35.7 Å². The Morgan fingerprint density at radius 2 is 2.05 bits per heavy atom. The molecule has 2 rings (SSSR count). The van der Waals surface area contributed by atoms with Gasteiger partial charge >= 0.3 is 0 Å². The SMILES string of the molecule is Cc1ccc(CN(C(=O)c2ccc(F)cc2N)C(C)C)o1. The number of hydrogen-bond donors (Lipinski definition) is 1. The van der Waals surface area contributed by atoms with Crippen molar-refractivity contribution in [2.75, 3.05) is 5.73 Å². The molecule has 0 aliphatic rings. The fraction of sp³-hybridized carbons (Fsp3) is 0.312. The molecule has 1 aromatic heterocycles. The van der Waals surface area contributed by atoms with Crippen molar-refractivity contribution in [3.05, 3.63) is 53.2 Å². The van der Waals surface area contributed by atoms with Gasteiger partial charge in [0.25, 0.3) is 5.91 Å². The zero-order valence-corrected chi connectivity index (χ0v) is 12.4. The van der Waals surface area contributed by atoms with Crippen molar-refractivity contribution in [1.82, 2.24) is 4.90 Å². The van der Waals surface area contributed by atoms with Crippen LogP contribution in [0.2, 0.25) is 0 Å². The van der Waals surface area contributed by atoms with Crippen LogP contribution < -0.4 is 5.73 Å². The highest BCUT2D eigenvalue weighted by Gasteiger charge is 2.22. The molecule has 0 bridgehead atoms. The lowest BCUT2D eigenvalue weighted by atomic mass is 10.1. The first-order valence-electron chi connectivity index (χ1n) is 6.80. The average molecular weight is 290 g/mol. The maximum atomic E-state index is 13.1. The van der Waals surface area contributed by atoms with E-state index in [0.29, 0.717) is 17.9 Å². The van der Waals surface area contributed by atoms with E-state index in [0.717, 1.165) is 11.8 Å². The van der Waals surface area contributed by atoms with E-state index in [4.69, 9.17) is 10.2 Å². The van der Waals surface area contributed by atoms with Gasteiger partial charge in [-0.2, -0.15) is 0 Å². The Morgan fingerprint density at radius 1 is 1.33 bits per heavy atom. The number of amides is 1. The number of carbonyl (C=O) groups is 1. The number of halogens is 1. The van der Waals surface area contributed by atoms with E-state index in [9.17, 15) is 9.18 Å². The fourth-order valence-electron chi connectivity index (χ4n) is 2.11. The first-order chi connectivity index (χ1) is 9.88. The van der Waals surface area contributed by atoms with Gasteiger partial charge in [-0.05, 0) is 51.1 Å². The summed E-state index contributed by atoms with van der Waals surface area (Å²) in [6.07, 6.45) is 0. The van der Waals surface area contributed by atoms with Gasteiger partial charge < -0.3 is 15.1 Å². The fourth-order valence-corrected chi connectivity index (χ4v) is 2.11. The van der Waals surface area contributed by atoms with Gasteiger partial charge in [0.2, 0.25) is 0 Å². The summed E-state index contributed by atoms with van der Waals surface area (Å²) in [4.78, 5) is 14.3. The zero-order valence-electron chi connectivity index (χ0n) is 12.4. The van der Waals surface area contributed by atoms with E-state index in [-0.39, 0.29) is 17.6 Å². The predicted molar refractivity (Wildman–Crippen MR) is 79.3 cm³/mol. The lowest BCUT2D eigenvalue weighted by Gasteiger charge is -2.26. The molecular formula is C16H19FN2O2. The number of aryl methyl sites for hydroxylation is 1. The second-order valence-electron chi connectivity index (χ2n) is 5.27. The molecule has 0 radical (unpaired) electrons.